The summed E-state index contributed by atoms with van der Waals surface area (Å²) in [6, 6.07) is 6.31. The number of nitrogens with zero attached hydrogens (tertiary/aromatic N) is 3. The summed E-state index contributed by atoms with van der Waals surface area (Å²) in [4.78, 5) is 32.8. The lowest BCUT2D eigenvalue weighted by atomic mass is 9.95. The van der Waals surface area contributed by atoms with Gasteiger partial charge in [0.05, 0.1) is 16.9 Å². The monoisotopic (exact) mass is 494 g/mol. The molecule has 1 aromatic heterocycles. The summed E-state index contributed by atoms with van der Waals surface area (Å²) in [6.45, 7) is 3.10. The van der Waals surface area contributed by atoms with Crippen LogP contribution in [0.1, 0.15) is 43.4 Å². The van der Waals surface area contributed by atoms with Gasteiger partial charge in [0.25, 0.3) is 5.91 Å². The largest absolute Gasteiger partial charge is 0.398 e. The Morgan fingerprint density at radius 2 is 1.74 bits per heavy atom. The zero-order valence-electron chi connectivity index (χ0n) is 18.3. The Morgan fingerprint density at radius 1 is 1.09 bits per heavy atom. The molecule has 8 nitrogen and oxygen atoms in total. The van der Waals surface area contributed by atoms with Gasteiger partial charge in [-0.25, -0.2) is 23.1 Å². The number of fused-ring (bicyclic) bond motifs is 1. The smallest absolute Gasteiger partial charge is 0.305 e. The van der Waals surface area contributed by atoms with Crippen LogP contribution in [0.15, 0.2) is 36.5 Å². The second-order valence-corrected chi connectivity index (χ2v) is 11.1. The van der Waals surface area contributed by atoms with E-state index in [0.717, 1.165) is 4.90 Å². The van der Waals surface area contributed by atoms with Crippen LogP contribution in [-0.2, 0) is 32.5 Å². The Bertz CT molecular complexity index is 1320. The Balaban J connectivity index is 1.44. The Morgan fingerprint density at radius 3 is 2.32 bits per heavy atom. The molecule has 1 saturated carbocycles. The second-order valence-electron chi connectivity index (χ2n) is 9.35. The molecule has 2 aromatic rings. The lowest BCUT2D eigenvalue weighted by molar-refractivity contribution is -0.160. The Kier molecular flexibility index (Phi) is 4.62. The van der Waals surface area contributed by atoms with Crippen LogP contribution in [0.5, 0.6) is 0 Å². The molecule has 0 radical (unpaired) electrons. The number of carbonyl (C=O) groups is 2. The maximum atomic E-state index is 13.4. The van der Waals surface area contributed by atoms with Crippen molar-refractivity contribution in [3.63, 3.8) is 0 Å². The lowest BCUT2D eigenvalue weighted by Gasteiger charge is -2.28. The van der Waals surface area contributed by atoms with Crippen LogP contribution in [0.25, 0.3) is 0 Å². The number of sulfonamides is 1. The molecule has 34 heavy (non-hydrogen) atoms. The van der Waals surface area contributed by atoms with Gasteiger partial charge in [-0.2, -0.15) is 13.2 Å². The van der Waals surface area contributed by atoms with E-state index in [9.17, 15) is 31.2 Å². The van der Waals surface area contributed by atoms with E-state index in [1.54, 1.807) is 19.9 Å². The summed E-state index contributed by atoms with van der Waals surface area (Å²) >= 11 is 0. The highest BCUT2D eigenvalue weighted by atomic mass is 32.2. The predicted octanol–water partition coefficient (Wildman–Crippen LogP) is 3.68. The van der Waals surface area contributed by atoms with Crippen LogP contribution in [-0.4, -0.2) is 42.0 Å². The Hall–Kier alpha value is -3.15. The van der Waals surface area contributed by atoms with E-state index in [-0.39, 0.29) is 42.2 Å². The van der Waals surface area contributed by atoms with Crippen molar-refractivity contribution in [2.75, 3.05) is 9.62 Å². The number of hydrogen-bond donors (Lipinski definition) is 1. The highest BCUT2D eigenvalue weighted by Gasteiger charge is 2.64. The van der Waals surface area contributed by atoms with Gasteiger partial charge in [0.2, 0.25) is 10.0 Å². The molecule has 3 heterocycles. The molecule has 3 aliphatic rings. The van der Waals surface area contributed by atoms with Gasteiger partial charge in [-0.15, -0.1) is 0 Å². The number of benzene rings is 1. The molecule has 1 aromatic carbocycles. The zero-order valence-corrected chi connectivity index (χ0v) is 19.1. The Labute approximate surface area is 193 Å². The first-order valence-electron chi connectivity index (χ1n) is 10.6. The molecule has 0 unspecified atom stereocenters. The van der Waals surface area contributed by atoms with Gasteiger partial charge >= 0.3 is 12.2 Å². The zero-order chi connectivity index (χ0) is 24.7. The number of amides is 3. The summed E-state index contributed by atoms with van der Waals surface area (Å²) in [7, 11) is -3.56. The van der Waals surface area contributed by atoms with Crippen molar-refractivity contribution >= 4 is 33.5 Å². The highest BCUT2D eigenvalue weighted by Crippen LogP contribution is 2.59. The van der Waals surface area contributed by atoms with Gasteiger partial charge < -0.3 is 4.90 Å². The third-order valence-electron chi connectivity index (χ3n) is 6.86. The minimum absolute atomic E-state index is 0.0130. The summed E-state index contributed by atoms with van der Waals surface area (Å²) in [5, 5.41) is 0. The molecular weight excluding hydrogens is 473 g/mol. The van der Waals surface area contributed by atoms with Crippen molar-refractivity contribution in [2.24, 2.45) is 0 Å². The number of aromatic nitrogens is 1. The number of anilines is 2. The van der Waals surface area contributed by atoms with E-state index < -0.39 is 39.1 Å². The predicted molar refractivity (Wildman–Crippen MR) is 116 cm³/mol. The summed E-state index contributed by atoms with van der Waals surface area (Å²) < 4.78 is 66.6. The second kappa shape index (κ2) is 6.94. The number of urea groups is 1. The summed E-state index contributed by atoms with van der Waals surface area (Å²) in [6.07, 6.45) is -2.92. The molecule has 5 rings (SSSR count). The number of nitrogens with one attached hydrogen (secondary N) is 1. The number of carbonyl (C=O) groups excluding carboxylic acids is 2. The number of halogens is 3. The molecule has 0 atom stereocenters. The topological polar surface area (TPSA) is 99.7 Å². The van der Waals surface area contributed by atoms with Crippen LogP contribution in [0.4, 0.5) is 29.5 Å². The molecule has 12 heteroatoms. The SMILES string of the molecule is CC1(C)C(=O)N(c2ccc(C3(C(F)(F)F)CC3)cc2)C(=O)N1Cc1ccnc2c1CS(=O)(=O)N2. The van der Waals surface area contributed by atoms with Crippen LogP contribution in [0.3, 0.4) is 0 Å². The molecule has 2 fully saturated rings. The van der Waals surface area contributed by atoms with Crippen LogP contribution in [0, 0.1) is 0 Å². The van der Waals surface area contributed by atoms with Crippen LogP contribution < -0.4 is 9.62 Å². The van der Waals surface area contributed by atoms with Crippen LogP contribution >= 0.6 is 0 Å². The lowest BCUT2D eigenvalue weighted by Crippen LogP contribution is -2.43. The van der Waals surface area contributed by atoms with Gasteiger partial charge in [0.15, 0.2) is 0 Å². The van der Waals surface area contributed by atoms with E-state index >= 15 is 0 Å². The standard InChI is InChI=1S/C22H21F3N4O4S/c1-20(2)18(30)29(15-5-3-14(4-6-15)21(8-9-21)22(23,24)25)19(31)28(20)11-13-7-10-26-17-16(13)12-34(32,33)27-17/h3-7,10H,8-9,11-12H2,1-2H3,(H,26,27). The summed E-state index contributed by atoms with van der Waals surface area (Å²) in [5.74, 6) is -0.619. The third-order valence-corrected chi connectivity index (χ3v) is 8.04. The van der Waals surface area contributed by atoms with Gasteiger partial charge in [0.1, 0.15) is 11.4 Å². The molecule has 0 spiro atoms. The van der Waals surface area contributed by atoms with Crippen molar-refractivity contribution in [1.29, 1.82) is 0 Å². The fourth-order valence-electron chi connectivity index (χ4n) is 4.59. The number of pyridine rings is 1. The molecular formula is C22H21F3N4O4S. The molecule has 3 amide bonds. The normalized spacial score (nSPS) is 22.0. The van der Waals surface area contributed by atoms with Crippen molar-refractivity contribution < 1.29 is 31.2 Å². The van der Waals surface area contributed by atoms with E-state index in [2.05, 4.69) is 9.71 Å². The minimum atomic E-state index is -4.36. The molecule has 1 saturated heterocycles. The van der Waals surface area contributed by atoms with Gasteiger partial charge in [-0.3, -0.25) is 9.52 Å². The van der Waals surface area contributed by atoms with Crippen LogP contribution in [0.2, 0.25) is 0 Å². The number of hydrogen-bond acceptors (Lipinski definition) is 5. The fourth-order valence-corrected chi connectivity index (χ4v) is 5.84. The van der Waals surface area contributed by atoms with E-state index in [4.69, 9.17) is 0 Å². The van der Waals surface area contributed by atoms with Crippen molar-refractivity contribution in [2.45, 2.75) is 56.1 Å². The molecule has 1 aliphatic carbocycles. The average Bonchev–Trinajstić information content (AvgIpc) is 3.47. The quantitative estimate of drug-likeness (QED) is 0.654. The molecule has 180 valence electrons. The number of alkyl halides is 3. The fraction of sp³-hybridized carbons (Fsp3) is 0.409. The number of imide groups is 1. The van der Waals surface area contributed by atoms with Gasteiger partial charge in [0, 0.05) is 18.3 Å². The van der Waals surface area contributed by atoms with Crippen molar-refractivity contribution in [3.8, 4) is 0 Å². The van der Waals surface area contributed by atoms with Crippen molar-refractivity contribution in [3.05, 3.63) is 53.2 Å². The van der Waals surface area contributed by atoms with Crippen molar-refractivity contribution in [1.82, 2.24) is 9.88 Å². The van der Waals surface area contributed by atoms with E-state index in [0.29, 0.717) is 11.1 Å². The number of rotatable bonds is 4. The first kappa shape index (κ1) is 22.6. The maximum absolute atomic E-state index is 13.4. The first-order valence-corrected chi connectivity index (χ1v) is 12.2. The highest BCUT2D eigenvalue weighted by molar-refractivity contribution is 7.92. The molecule has 1 N–H and O–H groups in total. The van der Waals surface area contributed by atoms with Gasteiger partial charge in [-0.05, 0) is 56.0 Å². The van der Waals surface area contributed by atoms with E-state index in [1.807, 2.05) is 0 Å². The molecule has 2 aliphatic heterocycles. The maximum Gasteiger partial charge on any atom is 0.398 e. The third kappa shape index (κ3) is 3.26. The molecule has 0 bridgehead atoms. The first-order chi connectivity index (χ1) is 15.8. The average molecular weight is 494 g/mol. The summed E-state index contributed by atoms with van der Waals surface area (Å²) in [5.41, 5.74) is -1.86. The van der Waals surface area contributed by atoms with E-state index in [1.165, 1.54) is 35.4 Å². The minimum Gasteiger partial charge on any atom is -0.305 e. The van der Waals surface area contributed by atoms with Gasteiger partial charge in [-0.1, -0.05) is 12.1 Å².